The van der Waals surface area contributed by atoms with E-state index < -0.39 is 29.7 Å². The van der Waals surface area contributed by atoms with Crippen LogP contribution in [-0.4, -0.2) is 39.0 Å². The van der Waals surface area contributed by atoms with Crippen LogP contribution in [-0.2, 0) is 16.1 Å². The molecule has 0 spiro atoms. The molecule has 1 fully saturated rings. The number of carbonyl (C=O) groups excluding carboxylic acids is 2. The first-order valence-corrected chi connectivity index (χ1v) is 9.22. The highest BCUT2D eigenvalue weighted by atomic mass is 19.1. The minimum Gasteiger partial charge on any atom is -0.337 e. The van der Waals surface area contributed by atoms with Gasteiger partial charge in [0.05, 0.1) is 5.69 Å². The first-order valence-electron chi connectivity index (χ1n) is 9.22. The molecule has 0 bridgehead atoms. The Morgan fingerprint density at radius 1 is 1.07 bits per heavy atom. The van der Waals surface area contributed by atoms with Crippen LogP contribution in [0.5, 0.6) is 0 Å². The van der Waals surface area contributed by atoms with E-state index in [0.717, 1.165) is 16.0 Å². The molecule has 5 rings (SSSR count). The van der Waals surface area contributed by atoms with Crippen molar-refractivity contribution in [2.24, 2.45) is 10.3 Å². The van der Waals surface area contributed by atoms with Crippen molar-refractivity contribution < 1.29 is 18.5 Å². The zero-order valence-electron chi connectivity index (χ0n) is 15.8. The van der Waals surface area contributed by atoms with Crippen LogP contribution in [0.4, 0.5) is 10.1 Å². The number of rotatable bonds is 4. The molecular formula is C20H15FN6O3. The lowest BCUT2D eigenvalue weighted by atomic mass is 10.1. The number of amides is 2. The van der Waals surface area contributed by atoms with Gasteiger partial charge in [0.2, 0.25) is 11.7 Å². The lowest BCUT2D eigenvalue weighted by Crippen LogP contribution is -2.39. The number of aromatic nitrogens is 2. The van der Waals surface area contributed by atoms with Gasteiger partial charge in [-0.3, -0.25) is 14.6 Å². The number of hydrogen-bond acceptors (Lipinski definition) is 8. The predicted molar refractivity (Wildman–Crippen MR) is 101 cm³/mol. The zero-order valence-corrected chi connectivity index (χ0v) is 15.8. The van der Waals surface area contributed by atoms with Crippen molar-refractivity contribution in [3.63, 3.8) is 0 Å². The van der Waals surface area contributed by atoms with Gasteiger partial charge in [-0.15, -0.1) is 0 Å². The third-order valence-corrected chi connectivity index (χ3v) is 5.09. The van der Waals surface area contributed by atoms with Crippen molar-refractivity contribution >= 4 is 17.5 Å². The van der Waals surface area contributed by atoms with E-state index >= 15 is 0 Å². The van der Waals surface area contributed by atoms with Gasteiger partial charge in [0.1, 0.15) is 12.4 Å². The molecule has 2 atom stereocenters. The van der Waals surface area contributed by atoms with E-state index in [-0.39, 0.29) is 18.1 Å². The third kappa shape index (κ3) is 2.84. The molecule has 2 aliphatic rings. The molecule has 2 aromatic carbocycles. The molecule has 0 radical (unpaired) electrons. The summed E-state index contributed by atoms with van der Waals surface area (Å²) in [7, 11) is 0. The van der Waals surface area contributed by atoms with Crippen LogP contribution in [0, 0.1) is 12.7 Å². The second kappa shape index (κ2) is 6.83. The molecule has 1 saturated heterocycles. The van der Waals surface area contributed by atoms with Crippen molar-refractivity contribution in [3.8, 4) is 11.4 Å². The molecule has 2 amide bonds. The largest absolute Gasteiger partial charge is 0.337 e. The molecular weight excluding hydrogens is 391 g/mol. The Balaban J connectivity index is 1.37. The van der Waals surface area contributed by atoms with E-state index in [0.29, 0.717) is 5.82 Å². The topological polar surface area (TPSA) is 104 Å². The van der Waals surface area contributed by atoms with E-state index in [1.165, 1.54) is 29.3 Å². The van der Waals surface area contributed by atoms with E-state index in [1.807, 2.05) is 31.2 Å². The molecule has 2 aliphatic heterocycles. The summed E-state index contributed by atoms with van der Waals surface area (Å²) in [5.74, 6) is -0.777. The second-order valence-corrected chi connectivity index (χ2v) is 7.01. The highest BCUT2D eigenvalue weighted by molar-refractivity contribution is 6.25. The minimum absolute atomic E-state index is 0.0276. The molecule has 2 unspecified atom stereocenters. The normalized spacial score (nSPS) is 20.3. The van der Waals surface area contributed by atoms with Gasteiger partial charge >= 0.3 is 0 Å². The first kappa shape index (κ1) is 18.1. The Bertz CT molecular complexity index is 1180. The highest BCUT2D eigenvalue weighted by Gasteiger charge is 2.55. The minimum atomic E-state index is -0.957. The van der Waals surface area contributed by atoms with Crippen LogP contribution >= 0.6 is 0 Å². The predicted octanol–water partition coefficient (Wildman–Crippen LogP) is 2.68. The van der Waals surface area contributed by atoms with Crippen molar-refractivity contribution in [1.29, 1.82) is 0 Å². The number of carbonyl (C=O) groups is 2. The molecule has 1 aromatic heterocycles. The molecule has 30 heavy (non-hydrogen) atoms. The number of benzene rings is 2. The summed E-state index contributed by atoms with van der Waals surface area (Å²) >= 11 is 0. The van der Waals surface area contributed by atoms with Crippen LogP contribution in [0.25, 0.3) is 11.4 Å². The molecule has 3 aromatic rings. The van der Waals surface area contributed by atoms with E-state index in [9.17, 15) is 14.0 Å². The maximum absolute atomic E-state index is 13.2. The van der Waals surface area contributed by atoms with E-state index in [1.54, 1.807) is 0 Å². The molecule has 0 aliphatic carbocycles. The van der Waals surface area contributed by atoms with Crippen molar-refractivity contribution in [2.45, 2.75) is 25.6 Å². The lowest BCUT2D eigenvalue weighted by Gasteiger charge is -2.19. The monoisotopic (exact) mass is 406 g/mol. The third-order valence-electron chi connectivity index (χ3n) is 5.09. The summed E-state index contributed by atoms with van der Waals surface area (Å²) in [5, 5.41) is 13.3. The second-order valence-electron chi connectivity index (χ2n) is 7.01. The fraction of sp³-hybridized carbons (Fsp3) is 0.200. The van der Waals surface area contributed by atoms with Crippen molar-refractivity contribution in [3.05, 3.63) is 65.8 Å². The first-order chi connectivity index (χ1) is 14.5. The quantitative estimate of drug-likeness (QED) is 0.617. The fourth-order valence-corrected chi connectivity index (χ4v) is 3.59. The van der Waals surface area contributed by atoms with Gasteiger partial charge in [-0.25, -0.2) is 9.29 Å². The maximum Gasteiger partial charge on any atom is 0.263 e. The van der Waals surface area contributed by atoms with Crippen molar-refractivity contribution in [2.75, 3.05) is 4.90 Å². The molecule has 150 valence electrons. The number of imide groups is 1. The Labute approximate surface area is 169 Å². The molecule has 0 saturated carbocycles. The number of halogens is 1. The number of fused-ring (bicyclic) bond motifs is 1. The van der Waals surface area contributed by atoms with Gasteiger partial charge in [0.15, 0.2) is 12.1 Å². The SMILES string of the molecule is Cc1ccccc1-c1noc(CN2N=NC3C(=O)N(c4ccc(F)cc4)C(=O)C32)n1. The summed E-state index contributed by atoms with van der Waals surface area (Å²) in [6.07, 6.45) is 0. The van der Waals surface area contributed by atoms with Crippen LogP contribution < -0.4 is 4.90 Å². The molecule has 9 nitrogen and oxygen atoms in total. The van der Waals surface area contributed by atoms with Gasteiger partial charge in [-0.2, -0.15) is 10.1 Å². The summed E-state index contributed by atoms with van der Waals surface area (Å²) in [6.45, 7) is 1.97. The van der Waals surface area contributed by atoms with Gasteiger partial charge in [0, 0.05) is 5.56 Å². The number of aryl methyl sites for hydroxylation is 1. The van der Waals surface area contributed by atoms with E-state index in [2.05, 4.69) is 20.5 Å². The Hall–Kier alpha value is -3.95. The number of hydrogen-bond donors (Lipinski definition) is 0. The fourth-order valence-electron chi connectivity index (χ4n) is 3.59. The average molecular weight is 406 g/mol. The molecule has 10 heteroatoms. The summed E-state index contributed by atoms with van der Waals surface area (Å²) < 4.78 is 18.5. The van der Waals surface area contributed by atoms with Crippen LogP contribution in [0.2, 0.25) is 0 Å². The van der Waals surface area contributed by atoms with E-state index in [4.69, 9.17) is 4.52 Å². The zero-order chi connectivity index (χ0) is 20.8. The van der Waals surface area contributed by atoms with Gasteiger partial charge in [0.25, 0.3) is 11.8 Å². The molecule has 0 N–H and O–H groups in total. The smallest absolute Gasteiger partial charge is 0.263 e. The lowest BCUT2D eigenvalue weighted by molar-refractivity contribution is -0.123. The highest BCUT2D eigenvalue weighted by Crippen LogP contribution is 2.33. The van der Waals surface area contributed by atoms with Crippen LogP contribution in [0.15, 0.2) is 63.4 Å². The Morgan fingerprint density at radius 3 is 2.60 bits per heavy atom. The van der Waals surface area contributed by atoms with Gasteiger partial charge in [-0.05, 0) is 36.8 Å². The maximum atomic E-state index is 13.2. The summed E-state index contributed by atoms with van der Waals surface area (Å²) in [4.78, 5) is 31.0. The van der Waals surface area contributed by atoms with Crippen LogP contribution in [0.1, 0.15) is 11.5 Å². The molecule has 3 heterocycles. The van der Waals surface area contributed by atoms with Gasteiger partial charge in [-0.1, -0.05) is 34.6 Å². The Kier molecular flexibility index (Phi) is 4.12. The summed E-state index contributed by atoms with van der Waals surface area (Å²) in [6, 6.07) is 10.9. The summed E-state index contributed by atoms with van der Waals surface area (Å²) in [5.41, 5.74) is 2.12. The number of nitrogens with zero attached hydrogens (tertiary/aromatic N) is 6. The van der Waals surface area contributed by atoms with Crippen LogP contribution in [0.3, 0.4) is 0 Å². The standard InChI is InChI=1S/C20H15FN6O3/c1-11-4-2-3-5-14(11)18-22-15(30-24-18)10-26-17-16(23-25-26)19(28)27(20(17)29)13-8-6-12(21)7-9-13/h2-9,16-17H,10H2,1H3. The van der Waals surface area contributed by atoms with Crippen molar-refractivity contribution in [1.82, 2.24) is 15.1 Å². The van der Waals surface area contributed by atoms with Gasteiger partial charge < -0.3 is 4.52 Å². The number of anilines is 1. The average Bonchev–Trinajstić information content (AvgIpc) is 3.42. The Morgan fingerprint density at radius 2 is 1.83 bits per heavy atom.